The highest BCUT2D eigenvalue weighted by Crippen LogP contribution is 2.21. The third-order valence-corrected chi connectivity index (χ3v) is 4.28. The summed E-state index contributed by atoms with van der Waals surface area (Å²) >= 11 is 12.0. The van der Waals surface area contributed by atoms with Crippen molar-refractivity contribution < 1.29 is 13.9 Å². The zero-order valence-electron chi connectivity index (χ0n) is 14.0. The summed E-state index contributed by atoms with van der Waals surface area (Å²) in [6, 6.07) is 8.96. The van der Waals surface area contributed by atoms with E-state index in [0.717, 1.165) is 17.5 Å². The first-order valence-corrected chi connectivity index (χ1v) is 8.42. The highest BCUT2D eigenvalue weighted by molar-refractivity contribution is 6.33. The standard InChI is InChI=1S/C18H14Cl2FN3O2/c1-10-7-11(2)24(23-10)16-6-5-14(19)17(22-16)18(25)26-9-12-3-4-13(21)8-15(12)20/h3-8H,9H2,1-2H3. The molecular formula is C18H14Cl2FN3O2. The molecule has 0 fully saturated rings. The molecule has 0 bridgehead atoms. The number of benzene rings is 1. The van der Waals surface area contributed by atoms with Crippen LogP contribution in [0.1, 0.15) is 27.4 Å². The summed E-state index contributed by atoms with van der Waals surface area (Å²) in [6.07, 6.45) is 0. The molecule has 0 unspecified atom stereocenters. The predicted octanol–water partition coefficient (Wildman–Crippen LogP) is 4.69. The fourth-order valence-electron chi connectivity index (χ4n) is 2.40. The first kappa shape index (κ1) is 18.4. The number of pyridine rings is 1. The Kier molecular flexibility index (Phi) is 5.25. The number of halogens is 3. The number of aryl methyl sites for hydroxylation is 2. The van der Waals surface area contributed by atoms with Gasteiger partial charge in [0.2, 0.25) is 0 Å². The van der Waals surface area contributed by atoms with Gasteiger partial charge in [0.05, 0.1) is 15.7 Å². The summed E-state index contributed by atoms with van der Waals surface area (Å²) < 4.78 is 19.9. The maximum absolute atomic E-state index is 13.1. The van der Waals surface area contributed by atoms with Crippen molar-refractivity contribution in [3.63, 3.8) is 0 Å². The quantitative estimate of drug-likeness (QED) is 0.603. The minimum Gasteiger partial charge on any atom is -0.456 e. The number of aromatic nitrogens is 3. The van der Waals surface area contributed by atoms with Crippen LogP contribution < -0.4 is 0 Å². The largest absolute Gasteiger partial charge is 0.456 e. The molecule has 0 spiro atoms. The molecule has 3 aromatic rings. The number of nitrogens with zero attached hydrogens (tertiary/aromatic N) is 3. The second-order valence-corrected chi connectivity index (χ2v) is 6.47. The fraction of sp³-hybridized carbons (Fsp3) is 0.167. The second kappa shape index (κ2) is 7.43. The number of hydrogen-bond acceptors (Lipinski definition) is 4. The van der Waals surface area contributed by atoms with Crippen molar-refractivity contribution >= 4 is 29.2 Å². The number of esters is 1. The van der Waals surface area contributed by atoms with Gasteiger partial charge in [-0.15, -0.1) is 0 Å². The molecule has 3 rings (SSSR count). The molecule has 0 amide bonds. The van der Waals surface area contributed by atoms with Crippen LogP contribution in [0.4, 0.5) is 4.39 Å². The normalized spacial score (nSPS) is 10.8. The topological polar surface area (TPSA) is 57.0 Å². The van der Waals surface area contributed by atoms with Gasteiger partial charge in [-0.1, -0.05) is 29.3 Å². The summed E-state index contributed by atoms with van der Waals surface area (Å²) in [5.74, 6) is -0.724. The summed E-state index contributed by atoms with van der Waals surface area (Å²) in [5.41, 5.74) is 2.14. The van der Waals surface area contributed by atoms with Gasteiger partial charge in [0.15, 0.2) is 11.5 Å². The van der Waals surface area contributed by atoms with E-state index in [0.29, 0.717) is 11.4 Å². The third kappa shape index (κ3) is 3.86. The molecule has 2 heterocycles. The summed E-state index contributed by atoms with van der Waals surface area (Å²) in [4.78, 5) is 16.6. The Balaban J connectivity index is 1.82. The van der Waals surface area contributed by atoms with E-state index < -0.39 is 11.8 Å². The van der Waals surface area contributed by atoms with Crippen LogP contribution in [0, 0.1) is 19.7 Å². The third-order valence-electron chi connectivity index (χ3n) is 3.63. The van der Waals surface area contributed by atoms with Gasteiger partial charge in [-0.05, 0) is 44.2 Å². The van der Waals surface area contributed by atoms with Gasteiger partial charge in [0, 0.05) is 11.3 Å². The van der Waals surface area contributed by atoms with Crippen molar-refractivity contribution in [1.29, 1.82) is 0 Å². The molecule has 8 heteroatoms. The molecule has 0 atom stereocenters. The molecule has 0 saturated heterocycles. The van der Waals surface area contributed by atoms with E-state index in [1.54, 1.807) is 16.8 Å². The van der Waals surface area contributed by atoms with Crippen LogP contribution in [0.15, 0.2) is 36.4 Å². The van der Waals surface area contributed by atoms with Crippen molar-refractivity contribution in [2.24, 2.45) is 0 Å². The molecule has 0 saturated carbocycles. The smallest absolute Gasteiger partial charge is 0.358 e. The summed E-state index contributed by atoms with van der Waals surface area (Å²) in [7, 11) is 0. The van der Waals surface area contributed by atoms with Gasteiger partial charge in [-0.2, -0.15) is 5.10 Å². The summed E-state index contributed by atoms with van der Waals surface area (Å²) in [6.45, 7) is 3.62. The van der Waals surface area contributed by atoms with Crippen LogP contribution in [0.3, 0.4) is 0 Å². The van der Waals surface area contributed by atoms with Gasteiger partial charge in [-0.25, -0.2) is 18.9 Å². The van der Waals surface area contributed by atoms with Crippen molar-refractivity contribution in [2.75, 3.05) is 0 Å². The van der Waals surface area contributed by atoms with Crippen LogP contribution in [0.25, 0.3) is 5.82 Å². The lowest BCUT2D eigenvalue weighted by Gasteiger charge is -2.09. The van der Waals surface area contributed by atoms with Gasteiger partial charge in [0.25, 0.3) is 0 Å². The maximum atomic E-state index is 13.1. The van der Waals surface area contributed by atoms with Crippen molar-refractivity contribution in [1.82, 2.24) is 14.8 Å². The van der Waals surface area contributed by atoms with E-state index in [4.69, 9.17) is 27.9 Å². The molecule has 26 heavy (non-hydrogen) atoms. The molecule has 0 N–H and O–H groups in total. The number of carbonyl (C=O) groups is 1. The highest BCUT2D eigenvalue weighted by atomic mass is 35.5. The van der Waals surface area contributed by atoms with E-state index in [1.165, 1.54) is 12.1 Å². The van der Waals surface area contributed by atoms with E-state index >= 15 is 0 Å². The summed E-state index contributed by atoms with van der Waals surface area (Å²) in [5, 5.41) is 4.66. The lowest BCUT2D eigenvalue weighted by Crippen LogP contribution is -2.11. The molecule has 0 radical (unpaired) electrons. The average Bonchev–Trinajstić information content (AvgIpc) is 2.92. The minimum absolute atomic E-state index is 0.0325. The van der Waals surface area contributed by atoms with E-state index in [1.807, 2.05) is 19.9 Å². The fourth-order valence-corrected chi connectivity index (χ4v) is 2.81. The maximum Gasteiger partial charge on any atom is 0.358 e. The molecule has 1 aromatic carbocycles. The first-order chi connectivity index (χ1) is 12.3. The van der Waals surface area contributed by atoms with E-state index in [-0.39, 0.29) is 22.3 Å². The van der Waals surface area contributed by atoms with Crippen LogP contribution >= 0.6 is 23.2 Å². The number of ether oxygens (including phenoxy) is 1. The molecule has 0 aliphatic carbocycles. The van der Waals surface area contributed by atoms with Gasteiger partial charge in [-0.3, -0.25) is 0 Å². The molecule has 2 aromatic heterocycles. The van der Waals surface area contributed by atoms with E-state index in [9.17, 15) is 9.18 Å². The number of rotatable bonds is 4. The Morgan fingerprint density at radius 3 is 2.58 bits per heavy atom. The Morgan fingerprint density at radius 1 is 1.15 bits per heavy atom. The van der Waals surface area contributed by atoms with Gasteiger partial charge in [0.1, 0.15) is 12.4 Å². The van der Waals surface area contributed by atoms with Crippen LogP contribution in [0.5, 0.6) is 0 Å². The van der Waals surface area contributed by atoms with Gasteiger partial charge < -0.3 is 4.74 Å². The molecule has 134 valence electrons. The highest BCUT2D eigenvalue weighted by Gasteiger charge is 2.17. The molecule has 0 aliphatic rings. The van der Waals surface area contributed by atoms with E-state index in [2.05, 4.69) is 10.1 Å². The first-order valence-electron chi connectivity index (χ1n) is 7.66. The Morgan fingerprint density at radius 2 is 1.92 bits per heavy atom. The Hall–Kier alpha value is -2.44. The van der Waals surface area contributed by atoms with Gasteiger partial charge >= 0.3 is 5.97 Å². The Labute approximate surface area is 159 Å². The Bertz CT molecular complexity index is 989. The van der Waals surface area contributed by atoms with Crippen molar-refractivity contribution in [2.45, 2.75) is 20.5 Å². The van der Waals surface area contributed by atoms with Crippen LogP contribution in [-0.2, 0) is 11.3 Å². The average molecular weight is 394 g/mol. The molecule has 0 aliphatic heterocycles. The SMILES string of the molecule is Cc1cc(C)n(-c2ccc(Cl)c(C(=O)OCc3ccc(F)cc3Cl)n2)n1. The monoisotopic (exact) mass is 393 g/mol. The zero-order chi connectivity index (χ0) is 18.8. The van der Waals surface area contributed by atoms with Crippen molar-refractivity contribution in [3.8, 4) is 5.82 Å². The lowest BCUT2D eigenvalue weighted by atomic mass is 10.2. The van der Waals surface area contributed by atoms with Crippen LogP contribution in [0.2, 0.25) is 10.0 Å². The predicted molar refractivity (Wildman–Crippen MR) is 96.4 cm³/mol. The number of hydrogen-bond donors (Lipinski definition) is 0. The molecule has 5 nitrogen and oxygen atoms in total. The van der Waals surface area contributed by atoms with Crippen LogP contribution in [-0.4, -0.2) is 20.7 Å². The number of carbonyl (C=O) groups excluding carboxylic acids is 1. The zero-order valence-corrected chi connectivity index (χ0v) is 15.5. The lowest BCUT2D eigenvalue weighted by molar-refractivity contribution is 0.0466. The second-order valence-electron chi connectivity index (χ2n) is 5.65. The molecular weight excluding hydrogens is 380 g/mol. The van der Waals surface area contributed by atoms with Crippen molar-refractivity contribution in [3.05, 3.63) is 74.9 Å². The minimum atomic E-state index is -0.709.